The Hall–Kier alpha value is -2.32. The lowest BCUT2D eigenvalue weighted by Gasteiger charge is -2.24. The van der Waals surface area contributed by atoms with Crippen molar-refractivity contribution in [1.29, 1.82) is 0 Å². The number of phenolic OH excluding ortho intramolecular Hbond substituents is 1. The molecule has 2 atom stereocenters. The summed E-state index contributed by atoms with van der Waals surface area (Å²) in [5, 5.41) is 21.9. The summed E-state index contributed by atoms with van der Waals surface area (Å²) in [6.45, 7) is 3.63. The van der Waals surface area contributed by atoms with Crippen LogP contribution in [0.2, 0.25) is 0 Å². The van der Waals surface area contributed by atoms with Gasteiger partial charge in [-0.05, 0) is 47.1 Å². The van der Waals surface area contributed by atoms with Crippen LogP contribution in [0.4, 0.5) is 10.5 Å². The van der Waals surface area contributed by atoms with Crippen LogP contribution in [-0.2, 0) is 9.53 Å². The third-order valence-corrected chi connectivity index (χ3v) is 4.98. The Morgan fingerprint density at radius 2 is 1.82 bits per heavy atom. The molecule has 0 unspecified atom stereocenters. The topological polar surface area (TPSA) is 95.9 Å². The zero-order chi connectivity index (χ0) is 20.8. The number of amides is 1. The number of benzene rings is 2. The number of rotatable bonds is 6. The molecule has 2 aromatic rings. The SMILES string of the molecule is Cc1ccc(NC(=O)O[C@H](c2cc(Br)cc(Br)c2O)[C@@H](C)/C=C/C(=O)O)cc1. The van der Waals surface area contributed by atoms with Crippen molar-refractivity contribution in [2.75, 3.05) is 5.32 Å². The van der Waals surface area contributed by atoms with Crippen molar-refractivity contribution in [3.05, 3.63) is 68.6 Å². The van der Waals surface area contributed by atoms with Crippen molar-refractivity contribution in [3.8, 4) is 5.75 Å². The summed E-state index contributed by atoms with van der Waals surface area (Å²) in [5.74, 6) is -1.73. The minimum absolute atomic E-state index is 0.0908. The number of aryl methyl sites for hydroxylation is 1. The molecule has 28 heavy (non-hydrogen) atoms. The molecule has 2 aromatic carbocycles. The molecule has 0 aliphatic heterocycles. The van der Waals surface area contributed by atoms with Gasteiger partial charge >= 0.3 is 12.1 Å². The Balaban J connectivity index is 2.31. The molecule has 0 saturated heterocycles. The number of anilines is 1. The van der Waals surface area contributed by atoms with Crippen LogP contribution in [0.5, 0.6) is 5.75 Å². The van der Waals surface area contributed by atoms with E-state index in [9.17, 15) is 14.7 Å². The molecule has 0 saturated carbocycles. The van der Waals surface area contributed by atoms with E-state index in [1.807, 2.05) is 19.1 Å². The number of carboxylic acids is 1. The van der Waals surface area contributed by atoms with Crippen LogP contribution in [0.1, 0.15) is 24.2 Å². The van der Waals surface area contributed by atoms with Gasteiger partial charge in [-0.2, -0.15) is 0 Å². The smallest absolute Gasteiger partial charge is 0.412 e. The molecule has 0 aliphatic rings. The molecule has 8 heteroatoms. The molecule has 2 rings (SSSR count). The molecule has 0 bridgehead atoms. The van der Waals surface area contributed by atoms with E-state index in [4.69, 9.17) is 9.84 Å². The minimum atomic E-state index is -1.12. The van der Waals surface area contributed by atoms with E-state index in [1.165, 1.54) is 6.08 Å². The highest BCUT2D eigenvalue weighted by molar-refractivity contribution is 9.11. The number of phenols is 1. The number of carboxylic acid groups (broad SMARTS) is 1. The number of hydrogen-bond acceptors (Lipinski definition) is 4. The maximum absolute atomic E-state index is 12.4. The Morgan fingerprint density at radius 3 is 2.43 bits per heavy atom. The third-order valence-electron chi connectivity index (χ3n) is 3.92. The highest BCUT2D eigenvalue weighted by Gasteiger charge is 2.26. The first kappa shape index (κ1) is 22.0. The van der Waals surface area contributed by atoms with Gasteiger partial charge in [-0.1, -0.05) is 46.6 Å². The van der Waals surface area contributed by atoms with Crippen LogP contribution < -0.4 is 5.32 Å². The predicted molar refractivity (Wildman–Crippen MR) is 113 cm³/mol. The van der Waals surface area contributed by atoms with Gasteiger partial charge in [0.15, 0.2) is 0 Å². The van der Waals surface area contributed by atoms with Crippen molar-refractivity contribution >= 4 is 49.6 Å². The van der Waals surface area contributed by atoms with Crippen LogP contribution in [0.15, 0.2) is 57.5 Å². The van der Waals surface area contributed by atoms with Gasteiger partial charge in [0, 0.05) is 27.7 Å². The van der Waals surface area contributed by atoms with Crippen molar-refractivity contribution in [2.24, 2.45) is 5.92 Å². The fraction of sp³-hybridized carbons (Fsp3) is 0.200. The van der Waals surface area contributed by atoms with E-state index in [-0.39, 0.29) is 5.75 Å². The van der Waals surface area contributed by atoms with Gasteiger partial charge in [-0.3, -0.25) is 5.32 Å². The average Bonchev–Trinajstić information content (AvgIpc) is 2.62. The lowest BCUT2D eigenvalue weighted by atomic mass is 9.96. The average molecular weight is 513 g/mol. The monoisotopic (exact) mass is 511 g/mol. The molecule has 148 valence electrons. The lowest BCUT2D eigenvalue weighted by molar-refractivity contribution is -0.131. The Morgan fingerprint density at radius 1 is 1.18 bits per heavy atom. The van der Waals surface area contributed by atoms with Crippen LogP contribution >= 0.6 is 31.9 Å². The van der Waals surface area contributed by atoms with E-state index in [0.717, 1.165) is 11.6 Å². The van der Waals surface area contributed by atoms with E-state index in [2.05, 4.69) is 37.2 Å². The van der Waals surface area contributed by atoms with Gasteiger partial charge in [0.25, 0.3) is 0 Å². The molecule has 0 aliphatic carbocycles. The first-order valence-electron chi connectivity index (χ1n) is 8.30. The Bertz CT molecular complexity index is 896. The normalized spacial score (nSPS) is 13.1. The van der Waals surface area contributed by atoms with E-state index < -0.39 is 24.1 Å². The summed E-state index contributed by atoms with van der Waals surface area (Å²) in [5.41, 5.74) is 1.94. The number of carbonyl (C=O) groups is 2. The Labute approximate surface area is 179 Å². The highest BCUT2D eigenvalue weighted by Crippen LogP contribution is 2.40. The maximum atomic E-state index is 12.4. The largest absolute Gasteiger partial charge is 0.506 e. The van der Waals surface area contributed by atoms with Gasteiger partial charge in [-0.25, -0.2) is 9.59 Å². The molecule has 6 nitrogen and oxygen atoms in total. The number of aromatic hydroxyl groups is 1. The molecule has 0 fully saturated rings. The van der Waals surface area contributed by atoms with Gasteiger partial charge < -0.3 is 14.9 Å². The first-order valence-corrected chi connectivity index (χ1v) is 9.89. The number of nitrogens with one attached hydrogen (secondary N) is 1. The van der Waals surface area contributed by atoms with Crippen molar-refractivity contribution in [1.82, 2.24) is 0 Å². The molecule has 1 amide bonds. The van der Waals surface area contributed by atoms with E-state index >= 15 is 0 Å². The lowest BCUT2D eigenvalue weighted by Crippen LogP contribution is -2.21. The summed E-state index contributed by atoms with van der Waals surface area (Å²) in [4.78, 5) is 23.3. The number of ether oxygens (including phenoxy) is 1. The third kappa shape index (κ3) is 6.10. The second-order valence-electron chi connectivity index (χ2n) is 6.20. The van der Waals surface area contributed by atoms with Crippen molar-refractivity contribution in [2.45, 2.75) is 20.0 Å². The zero-order valence-corrected chi connectivity index (χ0v) is 18.3. The van der Waals surface area contributed by atoms with Crippen LogP contribution in [0.25, 0.3) is 0 Å². The van der Waals surface area contributed by atoms with E-state index in [0.29, 0.717) is 20.2 Å². The Kier molecular flexibility index (Phi) is 7.65. The quantitative estimate of drug-likeness (QED) is 0.425. The summed E-state index contributed by atoms with van der Waals surface area (Å²) in [6, 6.07) is 10.5. The number of aliphatic carboxylic acids is 1. The molecule has 0 radical (unpaired) electrons. The van der Waals surface area contributed by atoms with Crippen LogP contribution in [0.3, 0.4) is 0 Å². The van der Waals surface area contributed by atoms with Gasteiger partial charge in [0.2, 0.25) is 0 Å². The maximum Gasteiger partial charge on any atom is 0.412 e. The summed E-state index contributed by atoms with van der Waals surface area (Å²) < 4.78 is 6.64. The molecule has 0 aromatic heterocycles. The first-order chi connectivity index (χ1) is 13.2. The molecule has 0 spiro atoms. The van der Waals surface area contributed by atoms with Gasteiger partial charge in [0.1, 0.15) is 11.9 Å². The second-order valence-corrected chi connectivity index (χ2v) is 7.97. The minimum Gasteiger partial charge on any atom is -0.506 e. The number of hydrogen-bond donors (Lipinski definition) is 3. The number of carbonyl (C=O) groups excluding carboxylic acids is 1. The summed E-state index contributed by atoms with van der Waals surface area (Å²) in [7, 11) is 0. The highest BCUT2D eigenvalue weighted by atomic mass is 79.9. The van der Waals surface area contributed by atoms with Gasteiger partial charge in [-0.15, -0.1) is 0 Å². The fourth-order valence-electron chi connectivity index (χ4n) is 2.49. The fourth-order valence-corrected chi connectivity index (χ4v) is 3.75. The summed E-state index contributed by atoms with van der Waals surface area (Å²) in [6.07, 6.45) is 0.735. The predicted octanol–water partition coefficient (Wildman–Crippen LogP) is 5.79. The molecular weight excluding hydrogens is 494 g/mol. The molecular formula is C20H19Br2NO5. The number of halogens is 2. The molecule has 3 N–H and O–H groups in total. The van der Waals surface area contributed by atoms with Gasteiger partial charge in [0.05, 0.1) is 4.47 Å². The second kappa shape index (κ2) is 9.75. The molecule has 0 heterocycles. The van der Waals surface area contributed by atoms with E-state index in [1.54, 1.807) is 31.2 Å². The summed E-state index contributed by atoms with van der Waals surface area (Å²) >= 11 is 6.60. The van der Waals surface area contributed by atoms with Crippen molar-refractivity contribution < 1.29 is 24.5 Å². The van der Waals surface area contributed by atoms with Crippen molar-refractivity contribution in [3.63, 3.8) is 0 Å². The van der Waals surface area contributed by atoms with Crippen LogP contribution in [-0.4, -0.2) is 22.3 Å². The zero-order valence-electron chi connectivity index (χ0n) is 15.1. The standard InChI is InChI=1S/C20H19Br2NO5/c1-11-3-6-14(7-4-11)23-20(27)28-19(12(2)5-8-17(24)25)15-9-13(21)10-16(22)18(15)26/h3-10,12,19,26H,1-2H3,(H,23,27)(H,24,25)/b8-5+/t12-,19-/m0/s1. The van der Waals surface area contributed by atoms with Crippen LogP contribution in [0, 0.1) is 12.8 Å².